The van der Waals surface area contributed by atoms with Crippen LogP contribution < -0.4 is 5.32 Å². The van der Waals surface area contributed by atoms with Crippen LogP contribution >= 0.6 is 0 Å². The molecule has 0 radical (unpaired) electrons. The third-order valence-electron chi connectivity index (χ3n) is 5.43. The highest BCUT2D eigenvalue weighted by atomic mass is 16.2. The standard InChI is InChI=1S/C23H21N7O/c1-14-11-20(30-23(26-14)24-13-25-30)22(31)27-21-15(2)28-29(16(21)3)12-18-9-6-8-17-7-4-5-10-19(17)18/h4-11,13H,12H2,1-3H3,(H,27,31). The minimum absolute atomic E-state index is 0.281. The summed E-state index contributed by atoms with van der Waals surface area (Å²) in [7, 11) is 0. The van der Waals surface area contributed by atoms with Gasteiger partial charge in [-0.3, -0.25) is 9.48 Å². The van der Waals surface area contributed by atoms with Crippen molar-refractivity contribution in [2.24, 2.45) is 0 Å². The lowest BCUT2D eigenvalue weighted by Gasteiger charge is -2.10. The van der Waals surface area contributed by atoms with E-state index in [1.165, 1.54) is 27.2 Å². The Hall–Kier alpha value is -4.07. The van der Waals surface area contributed by atoms with E-state index in [9.17, 15) is 4.79 Å². The Morgan fingerprint density at radius 1 is 1.06 bits per heavy atom. The zero-order valence-electron chi connectivity index (χ0n) is 17.5. The molecule has 3 aromatic heterocycles. The zero-order valence-corrected chi connectivity index (χ0v) is 17.5. The van der Waals surface area contributed by atoms with Gasteiger partial charge in [0.2, 0.25) is 0 Å². The SMILES string of the molecule is Cc1cc(C(=O)Nc2c(C)nn(Cc3cccc4ccccc34)c2C)n2ncnc2n1. The maximum absolute atomic E-state index is 13.1. The Kier molecular flexibility index (Phi) is 4.47. The molecule has 0 spiro atoms. The van der Waals surface area contributed by atoms with Gasteiger partial charge in [0.15, 0.2) is 0 Å². The number of fused-ring (bicyclic) bond motifs is 2. The predicted octanol–water partition coefficient (Wildman–Crippen LogP) is 3.70. The first kappa shape index (κ1) is 18.9. The molecule has 5 rings (SSSR count). The molecule has 2 aromatic carbocycles. The molecule has 0 saturated heterocycles. The number of benzene rings is 2. The first-order valence-electron chi connectivity index (χ1n) is 10.0. The van der Waals surface area contributed by atoms with Gasteiger partial charge in [0.05, 0.1) is 23.6 Å². The fourth-order valence-corrected chi connectivity index (χ4v) is 3.89. The Morgan fingerprint density at radius 2 is 1.87 bits per heavy atom. The molecule has 0 unspecified atom stereocenters. The molecule has 1 N–H and O–H groups in total. The maximum Gasteiger partial charge on any atom is 0.274 e. The van der Waals surface area contributed by atoms with Crippen LogP contribution in [0.1, 0.15) is 33.1 Å². The highest BCUT2D eigenvalue weighted by Gasteiger charge is 2.19. The molecule has 1 amide bonds. The van der Waals surface area contributed by atoms with Crippen molar-refractivity contribution >= 4 is 28.1 Å². The van der Waals surface area contributed by atoms with Crippen molar-refractivity contribution in [2.45, 2.75) is 27.3 Å². The van der Waals surface area contributed by atoms with Crippen LogP contribution in [0.4, 0.5) is 5.69 Å². The van der Waals surface area contributed by atoms with E-state index in [0.717, 1.165) is 11.4 Å². The number of amides is 1. The molecule has 154 valence electrons. The lowest BCUT2D eigenvalue weighted by atomic mass is 10.0. The highest BCUT2D eigenvalue weighted by molar-refractivity contribution is 6.04. The zero-order chi connectivity index (χ0) is 21.5. The van der Waals surface area contributed by atoms with Gasteiger partial charge in [-0.25, -0.2) is 4.98 Å². The average molecular weight is 411 g/mol. The van der Waals surface area contributed by atoms with E-state index in [-0.39, 0.29) is 5.91 Å². The highest BCUT2D eigenvalue weighted by Crippen LogP contribution is 2.24. The third kappa shape index (κ3) is 3.31. The Bertz CT molecular complexity index is 1440. The molecule has 31 heavy (non-hydrogen) atoms. The smallest absolute Gasteiger partial charge is 0.274 e. The number of hydrogen-bond donors (Lipinski definition) is 1. The maximum atomic E-state index is 13.1. The first-order chi connectivity index (χ1) is 15.0. The first-order valence-corrected chi connectivity index (χ1v) is 10.0. The topological polar surface area (TPSA) is 90.0 Å². The second kappa shape index (κ2) is 7.32. The van der Waals surface area contributed by atoms with Crippen molar-refractivity contribution in [1.29, 1.82) is 0 Å². The van der Waals surface area contributed by atoms with Gasteiger partial charge in [-0.15, -0.1) is 0 Å². The molecule has 5 aromatic rings. The number of carbonyl (C=O) groups is 1. The lowest BCUT2D eigenvalue weighted by molar-refractivity contribution is 0.101. The van der Waals surface area contributed by atoms with Crippen LogP contribution in [0.2, 0.25) is 0 Å². The summed E-state index contributed by atoms with van der Waals surface area (Å²) in [5.74, 6) is 0.113. The molecular formula is C23H21N7O. The number of nitrogens with one attached hydrogen (secondary N) is 1. The molecule has 8 heteroatoms. The Labute approximate surface area is 178 Å². The molecule has 0 fully saturated rings. The minimum Gasteiger partial charge on any atom is -0.317 e. The van der Waals surface area contributed by atoms with Crippen LogP contribution in [-0.4, -0.2) is 35.3 Å². The van der Waals surface area contributed by atoms with Crippen LogP contribution in [-0.2, 0) is 6.54 Å². The van der Waals surface area contributed by atoms with Gasteiger partial charge >= 0.3 is 0 Å². The van der Waals surface area contributed by atoms with E-state index < -0.39 is 0 Å². The van der Waals surface area contributed by atoms with Crippen molar-refractivity contribution in [3.05, 3.63) is 83.2 Å². The number of carbonyl (C=O) groups excluding carboxylic acids is 1. The van der Waals surface area contributed by atoms with Crippen LogP contribution in [0.3, 0.4) is 0 Å². The van der Waals surface area contributed by atoms with Gasteiger partial charge in [0.1, 0.15) is 12.0 Å². The minimum atomic E-state index is -0.281. The number of nitrogens with zero attached hydrogens (tertiary/aromatic N) is 6. The fraction of sp³-hybridized carbons (Fsp3) is 0.174. The molecular weight excluding hydrogens is 390 g/mol. The monoisotopic (exact) mass is 411 g/mol. The number of hydrogen-bond acceptors (Lipinski definition) is 5. The molecule has 0 saturated carbocycles. The molecule has 8 nitrogen and oxygen atoms in total. The number of rotatable bonds is 4. The molecule has 0 aliphatic carbocycles. The molecule has 0 atom stereocenters. The summed E-state index contributed by atoms with van der Waals surface area (Å²) in [6, 6.07) is 16.3. The second-order valence-electron chi connectivity index (χ2n) is 7.55. The number of anilines is 1. The van der Waals surface area contributed by atoms with Gasteiger partial charge in [0.25, 0.3) is 11.7 Å². The summed E-state index contributed by atoms with van der Waals surface area (Å²) in [5.41, 5.74) is 4.60. The van der Waals surface area contributed by atoms with Crippen molar-refractivity contribution in [3.63, 3.8) is 0 Å². The number of aryl methyl sites for hydroxylation is 2. The largest absolute Gasteiger partial charge is 0.317 e. The van der Waals surface area contributed by atoms with Gasteiger partial charge in [-0.2, -0.15) is 19.7 Å². The summed E-state index contributed by atoms with van der Waals surface area (Å²) >= 11 is 0. The van der Waals surface area contributed by atoms with E-state index in [2.05, 4.69) is 55.8 Å². The lowest BCUT2D eigenvalue weighted by Crippen LogP contribution is -2.18. The molecule has 0 aliphatic rings. The van der Waals surface area contributed by atoms with Crippen molar-refractivity contribution in [2.75, 3.05) is 5.32 Å². The van der Waals surface area contributed by atoms with Gasteiger partial charge in [-0.05, 0) is 43.2 Å². The van der Waals surface area contributed by atoms with Crippen molar-refractivity contribution in [3.8, 4) is 0 Å². The normalized spacial score (nSPS) is 11.3. The van der Waals surface area contributed by atoms with Gasteiger partial charge in [-0.1, -0.05) is 42.5 Å². The van der Waals surface area contributed by atoms with E-state index in [0.29, 0.717) is 29.4 Å². The van der Waals surface area contributed by atoms with Crippen LogP contribution in [0, 0.1) is 20.8 Å². The Morgan fingerprint density at radius 3 is 2.74 bits per heavy atom. The second-order valence-corrected chi connectivity index (χ2v) is 7.55. The van der Waals surface area contributed by atoms with E-state index in [4.69, 9.17) is 0 Å². The number of aromatic nitrogens is 6. The van der Waals surface area contributed by atoms with Crippen LogP contribution in [0.5, 0.6) is 0 Å². The fourth-order valence-electron chi connectivity index (χ4n) is 3.89. The average Bonchev–Trinajstić information content (AvgIpc) is 3.33. The van der Waals surface area contributed by atoms with Crippen molar-refractivity contribution < 1.29 is 4.79 Å². The summed E-state index contributed by atoms with van der Waals surface area (Å²) in [5, 5.41) is 14.2. The van der Waals surface area contributed by atoms with Crippen molar-refractivity contribution in [1.82, 2.24) is 29.4 Å². The van der Waals surface area contributed by atoms with Crippen LogP contribution in [0.25, 0.3) is 16.6 Å². The summed E-state index contributed by atoms with van der Waals surface area (Å²) in [6.45, 7) is 6.30. The molecule has 3 heterocycles. The van der Waals surface area contributed by atoms with E-state index >= 15 is 0 Å². The van der Waals surface area contributed by atoms with Crippen LogP contribution in [0.15, 0.2) is 54.9 Å². The predicted molar refractivity (Wildman–Crippen MR) is 118 cm³/mol. The quantitative estimate of drug-likeness (QED) is 0.487. The third-order valence-corrected chi connectivity index (χ3v) is 5.43. The molecule has 0 aliphatic heterocycles. The van der Waals surface area contributed by atoms with E-state index in [1.54, 1.807) is 6.07 Å². The Balaban J connectivity index is 1.47. The summed E-state index contributed by atoms with van der Waals surface area (Å²) < 4.78 is 3.36. The summed E-state index contributed by atoms with van der Waals surface area (Å²) in [6.07, 6.45) is 1.39. The molecule has 0 bridgehead atoms. The van der Waals surface area contributed by atoms with E-state index in [1.807, 2.05) is 37.6 Å². The van der Waals surface area contributed by atoms with Gasteiger partial charge in [0, 0.05) is 5.69 Å². The van der Waals surface area contributed by atoms with Gasteiger partial charge < -0.3 is 5.32 Å². The summed E-state index contributed by atoms with van der Waals surface area (Å²) in [4.78, 5) is 21.4.